The molecule has 0 atom stereocenters. The summed E-state index contributed by atoms with van der Waals surface area (Å²) in [5, 5.41) is 24.9. The third-order valence-electron chi connectivity index (χ3n) is 4.02. The number of carbonyl (C=O) groups is 2. The highest BCUT2D eigenvalue weighted by Gasteiger charge is 2.33. The molecule has 10 heteroatoms. The van der Waals surface area contributed by atoms with Crippen LogP contribution in [0.25, 0.3) is 0 Å². The zero-order valence-corrected chi connectivity index (χ0v) is 17.2. The quantitative estimate of drug-likeness (QED) is 0.551. The number of anilines is 1. The highest BCUT2D eigenvalue weighted by Crippen LogP contribution is 2.22. The van der Waals surface area contributed by atoms with Gasteiger partial charge < -0.3 is 25.2 Å². The number of ether oxygens (including phenoxy) is 2. The van der Waals surface area contributed by atoms with Crippen molar-refractivity contribution in [1.82, 2.24) is 10.3 Å². The number of methoxy groups -OCH3 is 2. The van der Waals surface area contributed by atoms with Crippen LogP contribution in [0.15, 0.2) is 36.5 Å². The van der Waals surface area contributed by atoms with Gasteiger partial charge in [0.2, 0.25) is 5.91 Å². The largest absolute Gasteiger partial charge is 0.508 e. The molecule has 0 saturated carbocycles. The van der Waals surface area contributed by atoms with Gasteiger partial charge in [0.25, 0.3) is 5.91 Å². The van der Waals surface area contributed by atoms with E-state index in [-0.39, 0.29) is 31.1 Å². The van der Waals surface area contributed by atoms with Crippen LogP contribution >= 0.6 is 11.6 Å². The summed E-state index contributed by atoms with van der Waals surface area (Å²) in [5.41, 5.74) is -0.705. The van der Waals surface area contributed by atoms with Crippen LogP contribution in [0, 0.1) is 11.3 Å². The average molecular weight is 433 g/mol. The van der Waals surface area contributed by atoms with Gasteiger partial charge in [0.1, 0.15) is 11.4 Å². The summed E-state index contributed by atoms with van der Waals surface area (Å²) in [4.78, 5) is 28.9. The number of benzene rings is 1. The number of pyridine rings is 1. The fraction of sp³-hybridized carbons (Fsp3) is 0.300. The van der Waals surface area contributed by atoms with E-state index < -0.39 is 17.4 Å². The Bertz CT molecular complexity index is 954. The second-order valence-electron chi connectivity index (χ2n) is 6.44. The molecular weight excluding hydrogens is 412 g/mol. The maximum atomic E-state index is 12.6. The van der Waals surface area contributed by atoms with Crippen LogP contribution in [0.1, 0.15) is 16.1 Å². The van der Waals surface area contributed by atoms with E-state index in [9.17, 15) is 20.0 Å². The van der Waals surface area contributed by atoms with Gasteiger partial charge in [-0.15, -0.1) is 0 Å². The Morgan fingerprint density at radius 1 is 1.23 bits per heavy atom. The monoisotopic (exact) mass is 432 g/mol. The zero-order chi connectivity index (χ0) is 22.1. The molecule has 0 bridgehead atoms. The van der Waals surface area contributed by atoms with Gasteiger partial charge >= 0.3 is 0 Å². The molecule has 1 aromatic heterocycles. The summed E-state index contributed by atoms with van der Waals surface area (Å²) >= 11 is 5.89. The molecule has 0 saturated heterocycles. The molecule has 2 rings (SSSR count). The summed E-state index contributed by atoms with van der Waals surface area (Å²) in [6.45, 7) is -0.161. The van der Waals surface area contributed by atoms with Gasteiger partial charge in [0.15, 0.2) is 5.54 Å². The molecule has 0 unspecified atom stereocenters. The van der Waals surface area contributed by atoms with Crippen LogP contribution < -0.4 is 10.6 Å². The van der Waals surface area contributed by atoms with E-state index in [0.717, 1.165) is 0 Å². The maximum absolute atomic E-state index is 12.6. The molecule has 0 aliphatic carbocycles. The molecule has 9 nitrogen and oxygen atoms in total. The minimum Gasteiger partial charge on any atom is -0.508 e. The lowest BCUT2D eigenvalue weighted by Crippen LogP contribution is -2.54. The molecule has 1 aromatic carbocycles. The third-order valence-corrected chi connectivity index (χ3v) is 4.25. The molecule has 0 spiro atoms. The number of hydrogen-bond acceptors (Lipinski definition) is 7. The topological polar surface area (TPSA) is 134 Å². The molecule has 0 radical (unpaired) electrons. The number of nitrogens with one attached hydrogen (secondary N) is 2. The van der Waals surface area contributed by atoms with Crippen LogP contribution in [0.5, 0.6) is 5.75 Å². The highest BCUT2D eigenvalue weighted by atomic mass is 35.5. The van der Waals surface area contributed by atoms with Crippen molar-refractivity contribution in [2.24, 2.45) is 0 Å². The van der Waals surface area contributed by atoms with Crippen molar-refractivity contribution in [1.29, 1.82) is 5.26 Å². The van der Waals surface area contributed by atoms with Crippen molar-refractivity contribution in [3.05, 3.63) is 52.8 Å². The van der Waals surface area contributed by atoms with Crippen molar-refractivity contribution in [2.45, 2.75) is 12.0 Å². The van der Waals surface area contributed by atoms with Crippen LogP contribution in [0.4, 0.5) is 5.69 Å². The van der Waals surface area contributed by atoms with Gasteiger partial charge in [0, 0.05) is 36.7 Å². The van der Waals surface area contributed by atoms with Crippen molar-refractivity contribution < 1.29 is 24.2 Å². The van der Waals surface area contributed by atoms with Gasteiger partial charge in [-0.3, -0.25) is 14.6 Å². The molecule has 0 aliphatic rings. The summed E-state index contributed by atoms with van der Waals surface area (Å²) in [6.07, 6.45) is 1.23. The SMILES string of the molecule is COCC(C#N)(COC)NC(=O)c1cc(NC(=O)Cc2cc(Cl)ccc2O)ccn1. The standard InChI is InChI=1S/C20H21ClN4O5/c1-29-11-20(10-22,12-30-2)25-19(28)16-9-15(5-6-23-16)24-18(27)8-13-7-14(21)3-4-17(13)26/h3-7,9,26H,8,11-12H2,1-2H3,(H,25,28)(H,23,24,27). The Morgan fingerprint density at radius 3 is 2.57 bits per heavy atom. The number of halogens is 1. The Balaban J connectivity index is 2.11. The first-order valence-corrected chi connectivity index (χ1v) is 9.15. The number of phenols is 1. The second kappa shape index (κ2) is 10.5. The summed E-state index contributed by atoms with van der Waals surface area (Å²) in [5.74, 6) is -1.10. The first-order valence-electron chi connectivity index (χ1n) is 8.77. The predicted molar refractivity (Wildman–Crippen MR) is 109 cm³/mol. The van der Waals surface area contributed by atoms with Gasteiger partial charge in [0.05, 0.1) is 25.7 Å². The number of rotatable bonds is 9. The lowest BCUT2D eigenvalue weighted by atomic mass is 10.0. The number of amides is 2. The molecule has 3 N–H and O–H groups in total. The Labute approximate surface area is 178 Å². The van der Waals surface area contributed by atoms with Crippen molar-refractivity contribution >= 4 is 29.1 Å². The van der Waals surface area contributed by atoms with Crippen molar-refractivity contribution in [2.75, 3.05) is 32.8 Å². The number of hydrogen-bond donors (Lipinski definition) is 3. The third kappa shape index (κ3) is 6.15. The number of nitriles is 1. The molecule has 2 amide bonds. The molecule has 2 aromatic rings. The van der Waals surface area contributed by atoms with E-state index in [1.807, 2.05) is 6.07 Å². The minimum atomic E-state index is -1.38. The number of aromatic nitrogens is 1. The molecule has 30 heavy (non-hydrogen) atoms. The van der Waals surface area contributed by atoms with Gasteiger partial charge in [-0.05, 0) is 30.3 Å². The molecule has 0 aliphatic heterocycles. The normalized spacial score (nSPS) is 10.9. The lowest BCUT2D eigenvalue weighted by molar-refractivity contribution is -0.115. The zero-order valence-electron chi connectivity index (χ0n) is 16.4. The van der Waals surface area contributed by atoms with Crippen LogP contribution in [0.2, 0.25) is 5.02 Å². The Morgan fingerprint density at radius 2 is 1.93 bits per heavy atom. The predicted octanol–water partition coefficient (Wildman–Crippen LogP) is 1.91. The number of aromatic hydroxyl groups is 1. The summed E-state index contributed by atoms with van der Waals surface area (Å²) in [7, 11) is 2.81. The van der Waals surface area contributed by atoms with E-state index in [1.54, 1.807) is 0 Å². The first-order chi connectivity index (χ1) is 14.3. The first kappa shape index (κ1) is 23.1. The average Bonchev–Trinajstić information content (AvgIpc) is 2.71. The van der Waals surface area contributed by atoms with Crippen LogP contribution in [-0.2, 0) is 20.7 Å². The Kier molecular flexibility index (Phi) is 8.12. The Hall–Kier alpha value is -3.19. The van der Waals surface area contributed by atoms with Crippen molar-refractivity contribution in [3.63, 3.8) is 0 Å². The molecule has 1 heterocycles. The van der Waals surface area contributed by atoms with Crippen LogP contribution in [0.3, 0.4) is 0 Å². The van der Waals surface area contributed by atoms with E-state index in [0.29, 0.717) is 16.3 Å². The summed E-state index contributed by atoms with van der Waals surface area (Å²) in [6, 6.07) is 9.28. The number of carbonyl (C=O) groups excluding carboxylic acids is 2. The van der Waals surface area contributed by atoms with E-state index in [2.05, 4.69) is 15.6 Å². The smallest absolute Gasteiger partial charge is 0.271 e. The van der Waals surface area contributed by atoms with Gasteiger partial charge in [-0.1, -0.05) is 11.6 Å². The van der Waals surface area contributed by atoms with Gasteiger partial charge in [-0.25, -0.2) is 0 Å². The fourth-order valence-corrected chi connectivity index (χ4v) is 2.88. The summed E-state index contributed by atoms with van der Waals surface area (Å²) < 4.78 is 10.0. The van der Waals surface area contributed by atoms with E-state index in [4.69, 9.17) is 21.1 Å². The van der Waals surface area contributed by atoms with Crippen molar-refractivity contribution in [3.8, 4) is 11.8 Å². The van der Waals surface area contributed by atoms with E-state index >= 15 is 0 Å². The number of phenolic OH excluding ortho intramolecular Hbond substituents is 1. The highest BCUT2D eigenvalue weighted by molar-refractivity contribution is 6.30. The van der Waals surface area contributed by atoms with Gasteiger partial charge in [-0.2, -0.15) is 5.26 Å². The second-order valence-corrected chi connectivity index (χ2v) is 6.88. The molecular formula is C20H21ClN4O5. The van der Waals surface area contributed by atoms with Crippen LogP contribution in [-0.4, -0.2) is 54.9 Å². The molecule has 158 valence electrons. The number of nitrogens with zero attached hydrogens (tertiary/aromatic N) is 2. The maximum Gasteiger partial charge on any atom is 0.271 e. The lowest BCUT2D eigenvalue weighted by Gasteiger charge is -2.26. The minimum absolute atomic E-state index is 0.00904. The molecule has 0 fully saturated rings. The van der Waals surface area contributed by atoms with E-state index in [1.165, 1.54) is 50.7 Å². The fourth-order valence-electron chi connectivity index (χ4n) is 2.69.